The summed E-state index contributed by atoms with van der Waals surface area (Å²) in [5.41, 5.74) is 5.51. The van der Waals surface area contributed by atoms with Gasteiger partial charge in [0, 0.05) is 53.5 Å². The van der Waals surface area contributed by atoms with Crippen molar-refractivity contribution < 1.29 is 9.13 Å². The number of anilines is 1. The average Bonchev–Trinajstić information content (AvgIpc) is 2.87. The number of pyridine rings is 4. The van der Waals surface area contributed by atoms with Crippen LogP contribution >= 0.6 is 0 Å². The number of hydrogen-bond acceptors (Lipinski definition) is 6. The van der Waals surface area contributed by atoms with Crippen LogP contribution in [-0.2, 0) is 6.54 Å². The van der Waals surface area contributed by atoms with Gasteiger partial charge in [-0.3, -0.25) is 15.0 Å². The molecule has 0 saturated heterocycles. The maximum atomic E-state index is 15.3. The summed E-state index contributed by atoms with van der Waals surface area (Å²) in [6.07, 6.45) is 6.83. The van der Waals surface area contributed by atoms with Crippen molar-refractivity contribution in [2.75, 3.05) is 12.4 Å². The molecule has 0 aliphatic rings. The average molecular weight is 452 g/mol. The first-order chi connectivity index (χ1) is 16.6. The van der Waals surface area contributed by atoms with Crippen molar-refractivity contribution in [3.8, 4) is 28.1 Å². The number of ether oxygens (including phenoxy) is 1. The highest BCUT2D eigenvalue weighted by Crippen LogP contribution is 2.30. The Morgan fingerprint density at radius 3 is 2.62 bits per heavy atom. The van der Waals surface area contributed by atoms with Crippen LogP contribution < -0.4 is 10.1 Å². The van der Waals surface area contributed by atoms with E-state index in [1.165, 1.54) is 0 Å². The van der Waals surface area contributed by atoms with Crippen molar-refractivity contribution in [3.05, 3.63) is 96.5 Å². The Labute approximate surface area is 196 Å². The smallest absolute Gasteiger partial charge is 0.173 e. The van der Waals surface area contributed by atoms with Crippen LogP contribution in [0.15, 0.2) is 79.4 Å². The Balaban J connectivity index is 1.39. The lowest BCUT2D eigenvalue weighted by molar-refractivity contribution is 0.414. The van der Waals surface area contributed by atoms with Crippen LogP contribution in [0.5, 0.6) is 5.75 Å². The number of methoxy groups -OCH3 is 1. The molecule has 7 heteroatoms. The Kier molecular flexibility index (Phi) is 5.82. The normalized spacial score (nSPS) is 10.9. The summed E-state index contributed by atoms with van der Waals surface area (Å²) in [5.74, 6) is 0.406. The molecule has 0 unspecified atom stereocenters. The van der Waals surface area contributed by atoms with E-state index in [4.69, 9.17) is 4.74 Å². The van der Waals surface area contributed by atoms with Crippen molar-refractivity contribution in [3.63, 3.8) is 0 Å². The maximum Gasteiger partial charge on any atom is 0.173 e. The van der Waals surface area contributed by atoms with Crippen LogP contribution in [-0.4, -0.2) is 27.0 Å². The number of fused-ring (bicyclic) bond motifs is 1. The molecule has 5 aromatic rings. The van der Waals surface area contributed by atoms with Gasteiger partial charge in [0.25, 0.3) is 0 Å². The summed E-state index contributed by atoms with van der Waals surface area (Å²) < 4.78 is 20.9. The van der Waals surface area contributed by atoms with Crippen LogP contribution in [0.25, 0.3) is 33.3 Å². The minimum Gasteiger partial charge on any atom is -0.494 e. The zero-order chi connectivity index (χ0) is 23.5. The van der Waals surface area contributed by atoms with Gasteiger partial charge in [0.2, 0.25) is 0 Å². The Bertz CT molecular complexity index is 1490. The molecule has 0 bridgehead atoms. The molecule has 1 aromatic carbocycles. The molecule has 0 aliphatic heterocycles. The number of hydrogen-bond donors (Lipinski definition) is 1. The maximum absolute atomic E-state index is 15.3. The fourth-order valence-corrected chi connectivity index (χ4v) is 3.87. The Hall–Kier alpha value is -4.39. The number of aromatic nitrogens is 4. The molecule has 4 heterocycles. The summed E-state index contributed by atoms with van der Waals surface area (Å²) in [5, 5.41) is 4.04. The van der Waals surface area contributed by atoms with Crippen molar-refractivity contribution in [1.82, 2.24) is 19.9 Å². The predicted octanol–water partition coefficient (Wildman–Crippen LogP) is 5.82. The van der Waals surface area contributed by atoms with Gasteiger partial charge in [0.1, 0.15) is 11.4 Å². The number of benzene rings is 1. The molecule has 34 heavy (non-hydrogen) atoms. The summed E-state index contributed by atoms with van der Waals surface area (Å²) in [4.78, 5) is 17.3. The SMILES string of the molecule is COc1cc(CNc2nccc(-c3ccc4ncccc4c3)c2F)cnc1-c1ccnc(C)c1. The topological polar surface area (TPSA) is 72.8 Å². The molecule has 6 nitrogen and oxygen atoms in total. The van der Waals surface area contributed by atoms with Gasteiger partial charge >= 0.3 is 0 Å². The number of nitrogens with zero attached hydrogens (tertiary/aromatic N) is 4. The second-order valence-corrected chi connectivity index (χ2v) is 7.87. The summed E-state index contributed by atoms with van der Waals surface area (Å²) >= 11 is 0. The zero-order valence-electron chi connectivity index (χ0n) is 18.8. The molecule has 0 amide bonds. The molecule has 0 saturated carbocycles. The van der Waals surface area contributed by atoms with Crippen molar-refractivity contribution >= 4 is 16.7 Å². The third kappa shape index (κ3) is 4.28. The fourth-order valence-electron chi connectivity index (χ4n) is 3.87. The van der Waals surface area contributed by atoms with Gasteiger partial charge in [-0.1, -0.05) is 12.1 Å². The predicted molar refractivity (Wildman–Crippen MR) is 131 cm³/mol. The first kappa shape index (κ1) is 21.5. The van der Waals surface area contributed by atoms with Gasteiger partial charge in [0.15, 0.2) is 11.6 Å². The largest absolute Gasteiger partial charge is 0.494 e. The zero-order valence-corrected chi connectivity index (χ0v) is 18.8. The fraction of sp³-hybridized carbons (Fsp3) is 0.111. The third-order valence-corrected chi connectivity index (χ3v) is 5.56. The molecule has 0 fully saturated rings. The van der Waals surface area contributed by atoms with Crippen LogP contribution in [0.2, 0.25) is 0 Å². The van der Waals surface area contributed by atoms with E-state index in [0.29, 0.717) is 17.9 Å². The molecule has 0 spiro atoms. The van der Waals surface area contributed by atoms with E-state index in [0.717, 1.165) is 39.0 Å². The monoisotopic (exact) mass is 451 g/mol. The van der Waals surface area contributed by atoms with Gasteiger partial charge in [-0.2, -0.15) is 0 Å². The van der Waals surface area contributed by atoms with Crippen molar-refractivity contribution in [2.45, 2.75) is 13.5 Å². The highest BCUT2D eigenvalue weighted by atomic mass is 19.1. The van der Waals surface area contributed by atoms with Crippen LogP contribution in [0, 0.1) is 12.7 Å². The lowest BCUT2D eigenvalue weighted by Crippen LogP contribution is -2.05. The molecule has 1 N–H and O–H groups in total. The first-order valence-corrected chi connectivity index (χ1v) is 10.8. The van der Waals surface area contributed by atoms with Crippen LogP contribution in [0.3, 0.4) is 0 Å². The van der Waals surface area contributed by atoms with E-state index in [1.807, 2.05) is 55.5 Å². The first-order valence-electron chi connectivity index (χ1n) is 10.8. The number of halogens is 1. The van der Waals surface area contributed by atoms with Gasteiger partial charge in [-0.05, 0) is 60.5 Å². The third-order valence-electron chi connectivity index (χ3n) is 5.56. The molecule has 5 rings (SSSR count). The minimum atomic E-state index is -0.408. The van der Waals surface area contributed by atoms with Crippen molar-refractivity contribution in [1.29, 1.82) is 0 Å². The summed E-state index contributed by atoms with van der Waals surface area (Å²) in [6.45, 7) is 2.27. The second-order valence-electron chi connectivity index (χ2n) is 7.87. The van der Waals surface area contributed by atoms with Gasteiger partial charge in [0.05, 0.1) is 12.6 Å². The summed E-state index contributed by atoms with van der Waals surface area (Å²) in [6, 6.07) is 16.9. The molecule has 0 aliphatic carbocycles. The number of aryl methyl sites for hydroxylation is 1. The van der Waals surface area contributed by atoms with Crippen molar-refractivity contribution in [2.24, 2.45) is 0 Å². The lowest BCUT2D eigenvalue weighted by atomic mass is 10.0. The lowest BCUT2D eigenvalue weighted by Gasteiger charge is -2.13. The van der Waals surface area contributed by atoms with Crippen LogP contribution in [0.1, 0.15) is 11.3 Å². The Morgan fingerprint density at radius 2 is 1.76 bits per heavy atom. The molecule has 4 aromatic heterocycles. The second kappa shape index (κ2) is 9.23. The number of rotatable bonds is 6. The van der Waals surface area contributed by atoms with E-state index in [-0.39, 0.29) is 5.82 Å². The van der Waals surface area contributed by atoms with Gasteiger partial charge < -0.3 is 10.1 Å². The molecular weight excluding hydrogens is 429 g/mol. The van der Waals surface area contributed by atoms with E-state index < -0.39 is 5.82 Å². The van der Waals surface area contributed by atoms with E-state index >= 15 is 4.39 Å². The minimum absolute atomic E-state index is 0.177. The van der Waals surface area contributed by atoms with E-state index in [1.54, 1.807) is 38.0 Å². The molecule has 0 radical (unpaired) electrons. The number of nitrogens with one attached hydrogen (secondary N) is 1. The molecule has 168 valence electrons. The standard InChI is InChI=1S/C27H22FN5O/c1-17-12-21(7-10-29-17)26-24(34-2)13-18(15-32-26)16-33-27-25(28)22(8-11-31-27)19-5-6-23-20(14-19)4-3-9-30-23/h3-15H,16H2,1-2H3,(H,31,33). The highest BCUT2D eigenvalue weighted by Gasteiger charge is 2.13. The van der Waals surface area contributed by atoms with Gasteiger partial charge in [-0.15, -0.1) is 0 Å². The van der Waals surface area contributed by atoms with E-state index in [9.17, 15) is 0 Å². The Morgan fingerprint density at radius 1 is 0.882 bits per heavy atom. The highest BCUT2D eigenvalue weighted by molar-refractivity contribution is 5.84. The van der Waals surface area contributed by atoms with Crippen LogP contribution in [0.4, 0.5) is 10.2 Å². The molecule has 0 atom stereocenters. The van der Waals surface area contributed by atoms with Gasteiger partial charge in [-0.25, -0.2) is 9.37 Å². The summed E-state index contributed by atoms with van der Waals surface area (Å²) in [7, 11) is 1.61. The molecular formula is C27H22FN5O. The quantitative estimate of drug-likeness (QED) is 0.351. The van der Waals surface area contributed by atoms with E-state index in [2.05, 4.69) is 25.3 Å².